The number of aliphatic hydroxyl groups excluding tert-OH is 1. The van der Waals surface area contributed by atoms with Crippen LogP contribution in [0.15, 0.2) is 18.3 Å². The Balaban J connectivity index is 1.93. The Kier molecular flexibility index (Phi) is 5.09. The SMILES string of the molecule is Cc1cccnc1CNS(=O)(=O)N1CCC(CO)CC1. The smallest absolute Gasteiger partial charge is 0.279 e. The van der Waals surface area contributed by atoms with Crippen LogP contribution in [0.1, 0.15) is 24.1 Å². The first-order valence-corrected chi connectivity index (χ1v) is 8.23. The molecule has 1 saturated heterocycles. The molecule has 7 heteroatoms. The minimum atomic E-state index is -3.47. The third kappa shape index (κ3) is 3.76. The van der Waals surface area contributed by atoms with Crippen LogP contribution >= 0.6 is 0 Å². The van der Waals surface area contributed by atoms with Crippen molar-refractivity contribution in [3.05, 3.63) is 29.6 Å². The number of nitrogens with one attached hydrogen (secondary N) is 1. The van der Waals surface area contributed by atoms with Gasteiger partial charge in [0, 0.05) is 25.9 Å². The molecule has 2 heterocycles. The molecule has 2 N–H and O–H groups in total. The number of aromatic nitrogens is 1. The van der Waals surface area contributed by atoms with E-state index in [1.165, 1.54) is 4.31 Å². The Bertz CT molecular complexity index is 540. The van der Waals surface area contributed by atoms with E-state index in [9.17, 15) is 8.42 Å². The van der Waals surface area contributed by atoms with Crippen LogP contribution in [-0.4, -0.2) is 42.5 Å². The standard InChI is InChI=1S/C13H21N3O3S/c1-11-3-2-6-14-13(11)9-15-20(18,19)16-7-4-12(10-17)5-8-16/h2-3,6,12,15,17H,4-5,7-10H2,1H3. The van der Waals surface area contributed by atoms with Crippen LogP contribution in [0.3, 0.4) is 0 Å². The summed E-state index contributed by atoms with van der Waals surface area (Å²) in [5.41, 5.74) is 1.70. The van der Waals surface area contributed by atoms with E-state index in [1.54, 1.807) is 6.20 Å². The summed E-state index contributed by atoms with van der Waals surface area (Å²) < 4.78 is 28.4. The minimum Gasteiger partial charge on any atom is -0.396 e. The highest BCUT2D eigenvalue weighted by Crippen LogP contribution is 2.18. The molecule has 0 aliphatic carbocycles. The highest BCUT2D eigenvalue weighted by Gasteiger charge is 2.27. The number of nitrogens with zero attached hydrogens (tertiary/aromatic N) is 2. The Morgan fingerprint density at radius 1 is 1.45 bits per heavy atom. The molecule has 0 radical (unpaired) electrons. The van der Waals surface area contributed by atoms with Gasteiger partial charge in [-0.05, 0) is 37.3 Å². The molecule has 0 atom stereocenters. The number of aryl methyl sites for hydroxylation is 1. The second-order valence-electron chi connectivity index (χ2n) is 5.12. The zero-order valence-corrected chi connectivity index (χ0v) is 12.4. The largest absolute Gasteiger partial charge is 0.396 e. The molecular formula is C13H21N3O3S. The zero-order chi connectivity index (χ0) is 14.6. The van der Waals surface area contributed by atoms with Crippen molar-refractivity contribution in [2.75, 3.05) is 19.7 Å². The van der Waals surface area contributed by atoms with Gasteiger partial charge in [-0.3, -0.25) is 4.98 Å². The van der Waals surface area contributed by atoms with Crippen LogP contribution in [-0.2, 0) is 16.8 Å². The van der Waals surface area contributed by atoms with Crippen molar-refractivity contribution >= 4 is 10.2 Å². The quantitative estimate of drug-likeness (QED) is 0.826. The molecule has 6 nitrogen and oxygen atoms in total. The van der Waals surface area contributed by atoms with Crippen molar-refractivity contribution in [1.29, 1.82) is 0 Å². The number of piperidine rings is 1. The molecular weight excluding hydrogens is 278 g/mol. The highest BCUT2D eigenvalue weighted by atomic mass is 32.2. The first kappa shape index (κ1) is 15.4. The van der Waals surface area contributed by atoms with Gasteiger partial charge in [0.2, 0.25) is 0 Å². The van der Waals surface area contributed by atoms with E-state index in [-0.39, 0.29) is 19.1 Å². The fourth-order valence-electron chi connectivity index (χ4n) is 2.29. The summed E-state index contributed by atoms with van der Waals surface area (Å²) in [5, 5.41) is 9.07. The van der Waals surface area contributed by atoms with E-state index in [1.807, 2.05) is 19.1 Å². The first-order valence-electron chi connectivity index (χ1n) is 6.79. The van der Waals surface area contributed by atoms with Gasteiger partial charge in [0.15, 0.2) is 0 Å². The third-order valence-electron chi connectivity index (χ3n) is 3.71. The molecule has 1 aromatic rings. The van der Waals surface area contributed by atoms with E-state index in [4.69, 9.17) is 5.11 Å². The van der Waals surface area contributed by atoms with Gasteiger partial charge in [-0.1, -0.05) is 6.07 Å². The molecule has 1 aliphatic rings. The van der Waals surface area contributed by atoms with Crippen molar-refractivity contribution in [2.45, 2.75) is 26.3 Å². The first-order chi connectivity index (χ1) is 9.53. The summed E-state index contributed by atoms with van der Waals surface area (Å²) in [6.45, 7) is 3.16. The molecule has 0 spiro atoms. The fraction of sp³-hybridized carbons (Fsp3) is 0.615. The van der Waals surface area contributed by atoms with Gasteiger partial charge in [-0.15, -0.1) is 0 Å². The Morgan fingerprint density at radius 2 is 2.15 bits per heavy atom. The maximum absolute atomic E-state index is 12.2. The lowest BCUT2D eigenvalue weighted by Gasteiger charge is -2.30. The lowest BCUT2D eigenvalue weighted by atomic mass is 10.00. The Labute approximate surface area is 120 Å². The van der Waals surface area contributed by atoms with Crippen molar-refractivity contribution in [1.82, 2.24) is 14.0 Å². The molecule has 0 bridgehead atoms. The van der Waals surface area contributed by atoms with Crippen LogP contribution in [0.5, 0.6) is 0 Å². The lowest BCUT2D eigenvalue weighted by Crippen LogP contribution is -2.45. The van der Waals surface area contributed by atoms with Crippen molar-refractivity contribution < 1.29 is 13.5 Å². The van der Waals surface area contributed by atoms with Crippen LogP contribution in [0, 0.1) is 12.8 Å². The van der Waals surface area contributed by atoms with E-state index in [2.05, 4.69) is 9.71 Å². The second kappa shape index (κ2) is 6.62. The molecule has 0 aromatic carbocycles. The fourth-order valence-corrected chi connectivity index (χ4v) is 3.48. The van der Waals surface area contributed by atoms with Crippen LogP contribution in [0.2, 0.25) is 0 Å². The highest BCUT2D eigenvalue weighted by molar-refractivity contribution is 7.87. The van der Waals surface area contributed by atoms with Gasteiger partial charge in [0.1, 0.15) is 0 Å². The minimum absolute atomic E-state index is 0.133. The van der Waals surface area contributed by atoms with E-state index in [0.29, 0.717) is 25.9 Å². The third-order valence-corrected chi connectivity index (χ3v) is 5.27. The predicted octanol–water partition coefficient (Wildman–Crippen LogP) is 0.429. The molecule has 1 aromatic heterocycles. The average molecular weight is 299 g/mol. The van der Waals surface area contributed by atoms with Gasteiger partial charge in [-0.2, -0.15) is 17.4 Å². The van der Waals surface area contributed by atoms with Crippen molar-refractivity contribution in [3.8, 4) is 0 Å². The number of aliphatic hydroxyl groups is 1. The predicted molar refractivity (Wildman–Crippen MR) is 76.1 cm³/mol. The summed E-state index contributed by atoms with van der Waals surface area (Å²) in [6, 6.07) is 3.73. The zero-order valence-electron chi connectivity index (χ0n) is 11.6. The Morgan fingerprint density at radius 3 is 2.75 bits per heavy atom. The monoisotopic (exact) mass is 299 g/mol. The molecule has 1 aliphatic heterocycles. The molecule has 0 unspecified atom stereocenters. The maximum atomic E-state index is 12.2. The Hall–Kier alpha value is -1.02. The normalized spacial score (nSPS) is 18.3. The van der Waals surface area contributed by atoms with Crippen LogP contribution in [0.4, 0.5) is 0 Å². The van der Waals surface area contributed by atoms with Gasteiger partial charge in [0.05, 0.1) is 12.2 Å². The van der Waals surface area contributed by atoms with Gasteiger partial charge in [-0.25, -0.2) is 0 Å². The molecule has 1 fully saturated rings. The number of hydrogen-bond acceptors (Lipinski definition) is 4. The van der Waals surface area contributed by atoms with Gasteiger partial charge >= 0.3 is 0 Å². The summed E-state index contributed by atoms with van der Waals surface area (Å²) >= 11 is 0. The summed E-state index contributed by atoms with van der Waals surface area (Å²) in [4.78, 5) is 4.17. The number of rotatable bonds is 5. The van der Waals surface area contributed by atoms with Crippen LogP contribution < -0.4 is 4.72 Å². The summed E-state index contributed by atoms with van der Waals surface area (Å²) in [7, 11) is -3.47. The van der Waals surface area contributed by atoms with Gasteiger partial charge in [0.25, 0.3) is 10.2 Å². The maximum Gasteiger partial charge on any atom is 0.279 e. The molecule has 20 heavy (non-hydrogen) atoms. The van der Waals surface area contributed by atoms with E-state index in [0.717, 1.165) is 11.3 Å². The van der Waals surface area contributed by atoms with Crippen molar-refractivity contribution in [2.24, 2.45) is 5.92 Å². The van der Waals surface area contributed by atoms with Crippen LogP contribution in [0.25, 0.3) is 0 Å². The summed E-state index contributed by atoms with van der Waals surface area (Å²) in [6.07, 6.45) is 3.07. The topological polar surface area (TPSA) is 82.5 Å². The molecule has 0 saturated carbocycles. The van der Waals surface area contributed by atoms with E-state index >= 15 is 0 Å². The number of pyridine rings is 1. The molecule has 0 amide bonds. The second-order valence-corrected chi connectivity index (χ2v) is 6.87. The lowest BCUT2D eigenvalue weighted by molar-refractivity contribution is 0.169. The molecule has 2 rings (SSSR count). The van der Waals surface area contributed by atoms with E-state index < -0.39 is 10.2 Å². The van der Waals surface area contributed by atoms with Crippen molar-refractivity contribution in [3.63, 3.8) is 0 Å². The summed E-state index contributed by atoms with van der Waals surface area (Å²) in [5.74, 6) is 0.222. The number of hydrogen-bond donors (Lipinski definition) is 2. The average Bonchev–Trinajstić information content (AvgIpc) is 2.46. The molecule has 112 valence electrons. The van der Waals surface area contributed by atoms with Gasteiger partial charge < -0.3 is 5.11 Å².